The molecule has 1 aliphatic carbocycles. The van der Waals surface area contributed by atoms with E-state index in [1.165, 1.54) is 0 Å². The van der Waals surface area contributed by atoms with E-state index in [9.17, 15) is 4.79 Å². The average molecular weight is 271 g/mol. The van der Waals surface area contributed by atoms with Crippen molar-refractivity contribution in [1.82, 2.24) is 4.90 Å². The Hall–Kier alpha value is -1.35. The van der Waals surface area contributed by atoms with Gasteiger partial charge in [-0.25, -0.2) is 0 Å². The number of carbonyl (C=O) groups excluding carboxylic acids is 1. The Morgan fingerprint density at radius 3 is 2.60 bits per heavy atom. The molecule has 2 saturated heterocycles. The van der Waals surface area contributed by atoms with Gasteiger partial charge in [0.15, 0.2) is 5.72 Å². The zero-order chi connectivity index (χ0) is 13.9. The van der Waals surface area contributed by atoms with Gasteiger partial charge in [-0.2, -0.15) is 0 Å². The van der Waals surface area contributed by atoms with Crippen LogP contribution < -0.4 is 0 Å². The summed E-state index contributed by atoms with van der Waals surface area (Å²) in [6.07, 6.45) is 2.13. The topological polar surface area (TPSA) is 29.5 Å². The lowest BCUT2D eigenvalue weighted by Gasteiger charge is -2.41. The molecule has 1 aromatic carbocycles. The molecule has 1 aromatic rings. The minimum absolute atomic E-state index is 0.191. The third-order valence-electron chi connectivity index (χ3n) is 5.45. The van der Waals surface area contributed by atoms with Crippen molar-refractivity contribution in [3.8, 4) is 0 Å². The molecule has 4 unspecified atom stereocenters. The van der Waals surface area contributed by atoms with Crippen molar-refractivity contribution in [3.63, 3.8) is 0 Å². The number of carbonyl (C=O) groups is 1. The van der Waals surface area contributed by atoms with E-state index >= 15 is 0 Å². The van der Waals surface area contributed by atoms with Crippen LogP contribution in [0, 0.1) is 17.8 Å². The maximum atomic E-state index is 12.8. The summed E-state index contributed by atoms with van der Waals surface area (Å²) in [6, 6.07) is 10.6. The predicted octanol–water partition coefficient (Wildman–Crippen LogP) is 2.76. The fourth-order valence-electron chi connectivity index (χ4n) is 4.26. The normalized spacial score (nSPS) is 38.9. The smallest absolute Gasteiger partial charge is 0.229 e. The summed E-state index contributed by atoms with van der Waals surface area (Å²) >= 11 is 0. The lowest BCUT2D eigenvalue weighted by molar-refractivity contribution is -0.144. The third-order valence-corrected chi connectivity index (χ3v) is 5.45. The molecule has 0 aromatic heterocycles. The molecule has 1 saturated carbocycles. The quantitative estimate of drug-likeness (QED) is 0.827. The summed E-state index contributed by atoms with van der Waals surface area (Å²) in [5.74, 6) is 1.29. The molecule has 0 N–H and O–H groups in total. The molecule has 20 heavy (non-hydrogen) atoms. The van der Waals surface area contributed by atoms with E-state index in [1.54, 1.807) is 0 Å². The van der Waals surface area contributed by atoms with Crippen molar-refractivity contribution < 1.29 is 9.53 Å². The maximum absolute atomic E-state index is 12.8. The van der Waals surface area contributed by atoms with Gasteiger partial charge in [-0.15, -0.1) is 0 Å². The zero-order valence-electron chi connectivity index (χ0n) is 12.1. The Labute approximate surface area is 119 Å². The number of nitrogens with zero attached hydrogens (tertiary/aromatic N) is 1. The number of hydrogen-bond acceptors (Lipinski definition) is 2. The number of fused-ring (bicyclic) bond motifs is 3. The minimum atomic E-state index is -0.476. The van der Waals surface area contributed by atoms with Crippen molar-refractivity contribution in [2.75, 3.05) is 6.61 Å². The van der Waals surface area contributed by atoms with E-state index in [2.05, 4.69) is 30.9 Å². The summed E-state index contributed by atoms with van der Waals surface area (Å²) in [4.78, 5) is 14.9. The highest BCUT2D eigenvalue weighted by Gasteiger charge is 2.68. The van der Waals surface area contributed by atoms with Crippen LogP contribution in [0.1, 0.15) is 32.3 Å². The molecule has 3 aliphatic rings. The van der Waals surface area contributed by atoms with Gasteiger partial charge in [0, 0.05) is 17.4 Å². The van der Waals surface area contributed by atoms with E-state index in [-0.39, 0.29) is 12.0 Å². The van der Waals surface area contributed by atoms with E-state index in [0.717, 1.165) is 18.4 Å². The number of amides is 1. The van der Waals surface area contributed by atoms with Crippen molar-refractivity contribution in [3.05, 3.63) is 35.9 Å². The van der Waals surface area contributed by atoms with E-state index in [0.29, 0.717) is 24.3 Å². The fourth-order valence-corrected chi connectivity index (χ4v) is 4.26. The molecule has 0 bridgehead atoms. The largest absolute Gasteiger partial charge is 0.349 e. The van der Waals surface area contributed by atoms with Crippen LogP contribution >= 0.6 is 0 Å². The van der Waals surface area contributed by atoms with Crippen LogP contribution in [0.5, 0.6) is 0 Å². The lowest BCUT2D eigenvalue weighted by Crippen LogP contribution is -2.47. The fraction of sp³-hybridized carbons (Fsp3) is 0.588. The number of rotatable bonds is 2. The molecule has 3 nitrogen and oxygen atoms in total. The highest BCUT2D eigenvalue weighted by atomic mass is 16.5. The SMILES string of the molecule is CC(C)C1COC2(c3ccccc3)C3CCC3C(=O)N12. The van der Waals surface area contributed by atoms with Crippen LogP contribution in [-0.4, -0.2) is 23.5 Å². The highest BCUT2D eigenvalue weighted by molar-refractivity contribution is 5.85. The standard InChI is InChI=1S/C17H21NO2/c1-11(2)15-10-20-17(12-6-4-3-5-7-12)14-9-8-13(14)16(19)18(15)17/h3-7,11,13-15H,8-10H2,1-2H3. The van der Waals surface area contributed by atoms with Crippen molar-refractivity contribution in [2.24, 2.45) is 17.8 Å². The Morgan fingerprint density at radius 1 is 1.25 bits per heavy atom. The number of ether oxygens (including phenoxy) is 1. The monoisotopic (exact) mass is 271 g/mol. The summed E-state index contributed by atoms with van der Waals surface area (Å²) in [7, 11) is 0. The molecule has 106 valence electrons. The first-order valence-corrected chi connectivity index (χ1v) is 7.69. The van der Waals surface area contributed by atoms with Gasteiger partial charge in [-0.1, -0.05) is 44.2 Å². The molecule has 3 heteroatoms. The maximum Gasteiger partial charge on any atom is 0.229 e. The summed E-state index contributed by atoms with van der Waals surface area (Å²) in [6.45, 7) is 5.03. The summed E-state index contributed by atoms with van der Waals surface area (Å²) in [5, 5.41) is 0. The van der Waals surface area contributed by atoms with Crippen LogP contribution in [0.15, 0.2) is 30.3 Å². The van der Waals surface area contributed by atoms with Crippen LogP contribution in [0.2, 0.25) is 0 Å². The average Bonchev–Trinajstić information content (AvgIpc) is 2.85. The zero-order valence-corrected chi connectivity index (χ0v) is 12.1. The summed E-state index contributed by atoms with van der Waals surface area (Å²) in [5.41, 5.74) is 0.680. The van der Waals surface area contributed by atoms with Gasteiger partial charge in [0.2, 0.25) is 5.91 Å². The molecule has 3 fully saturated rings. The molecule has 2 aliphatic heterocycles. The Bertz CT molecular complexity index is 541. The molecular formula is C17H21NO2. The first-order valence-electron chi connectivity index (χ1n) is 7.69. The lowest BCUT2D eigenvalue weighted by atomic mass is 9.69. The molecular weight excluding hydrogens is 250 g/mol. The molecule has 4 atom stereocenters. The second-order valence-electron chi connectivity index (χ2n) is 6.68. The molecule has 4 rings (SSSR count). The minimum Gasteiger partial charge on any atom is -0.349 e. The van der Waals surface area contributed by atoms with Crippen molar-refractivity contribution >= 4 is 5.91 Å². The first-order chi connectivity index (χ1) is 9.66. The van der Waals surface area contributed by atoms with Gasteiger partial charge in [-0.05, 0) is 18.8 Å². The van der Waals surface area contributed by atoms with Crippen LogP contribution in [-0.2, 0) is 15.3 Å². The Kier molecular flexibility index (Phi) is 2.53. The van der Waals surface area contributed by atoms with Crippen LogP contribution in [0.3, 0.4) is 0 Å². The van der Waals surface area contributed by atoms with Gasteiger partial charge in [0.25, 0.3) is 0 Å². The van der Waals surface area contributed by atoms with Gasteiger partial charge < -0.3 is 9.64 Å². The van der Waals surface area contributed by atoms with E-state index < -0.39 is 5.72 Å². The second-order valence-corrected chi connectivity index (χ2v) is 6.68. The van der Waals surface area contributed by atoms with E-state index in [4.69, 9.17) is 4.74 Å². The molecule has 1 amide bonds. The predicted molar refractivity (Wildman–Crippen MR) is 75.8 cm³/mol. The molecule has 2 heterocycles. The first kappa shape index (κ1) is 12.4. The molecule has 0 spiro atoms. The van der Waals surface area contributed by atoms with Crippen molar-refractivity contribution in [1.29, 1.82) is 0 Å². The summed E-state index contributed by atoms with van der Waals surface area (Å²) < 4.78 is 6.33. The van der Waals surface area contributed by atoms with Gasteiger partial charge in [0.1, 0.15) is 0 Å². The van der Waals surface area contributed by atoms with Crippen molar-refractivity contribution in [2.45, 2.75) is 38.5 Å². The number of hydrogen-bond donors (Lipinski definition) is 0. The Morgan fingerprint density at radius 2 is 2.00 bits per heavy atom. The van der Waals surface area contributed by atoms with E-state index in [1.807, 2.05) is 18.2 Å². The number of benzene rings is 1. The van der Waals surface area contributed by atoms with Crippen LogP contribution in [0.25, 0.3) is 0 Å². The highest BCUT2D eigenvalue weighted by Crippen LogP contribution is 2.60. The molecule has 0 radical (unpaired) electrons. The van der Waals surface area contributed by atoms with Gasteiger partial charge in [-0.3, -0.25) is 4.79 Å². The second kappa shape index (κ2) is 4.08. The third kappa shape index (κ3) is 1.32. The van der Waals surface area contributed by atoms with Gasteiger partial charge in [0.05, 0.1) is 12.6 Å². The van der Waals surface area contributed by atoms with Gasteiger partial charge >= 0.3 is 0 Å². The Balaban J connectivity index is 1.85. The van der Waals surface area contributed by atoms with Crippen LogP contribution in [0.4, 0.5) is 0 Å².